The molecule has 0 saturated carbocycles. The van der Waals surface area contributed by atoms with E-state index in [4.69, 9.17) is 16.3 Å². The van der Waals surface area contributed by atoms with E-state index in [0.29, 0.717) is 15.3 Å². The van der Waals surface area contributed by atoms with Crippen molar-refractivity contribution in [3.05, 3.63) is 70.0 Å². The van der Waals surface area contributed by atoms with Crippen LogP contribution >= 0.6 is 22.9 Å². The molecule has 0 bridgehead atoms. The largest absolute Gasteiger partial charge is 0.465 e. The zero-order chi connectivity index (χ0) is 19.2. The van der Waals surface area contributed by atoms with Gasteiger partial charge in [0.25, 0.3) is 5.91 Å². The van der Waals surface area contributed by atoms with Crippen LogP contribution in [0.2, 0.25) is 5.02 Å². The smallest absolute Gasteiger partial charge is 0.326 e. The van der Waals surface area contributed by atoms with Crippen molar-refractivity contribution >= 4 is 51.1 Å². The SMILES string of the molecule is CCOC(=O)Cn1c(=NC(=O)/C=C/c2ccccc2)sc2cccc(Cl)c21. The quantitative estimate of drug-likeness (QED) is 0.479. The Morgan fingerprint density at radius 2 is 1.96 bits per heavy atom. The molecule has 3 aromatic rings. The van der Waals surface area contributed by atoms with Gasteiger partial charge in [0.05, 0.1) is 21.8 Å². The first kappa shape index (κ1) is 19.1. The first-order valence-electron chi connectivity index (χ1n) is 8.33. The molecular weight excluding hydrogens is 384 g/mol. The van der Waals surface area contributed by atoms with Crippen molar-refractivity contribution in [3.8, 4) is 0 Å². The van der Waals surface area contributed by atoms with Gasteiger partial charge in [0.1, 0.15) is 6.54 Å². The zero-order valence-corrected chi connectivity index (χ0v) is 16.2. The van der Waals surface area contributed by atoms with Crippen molar-refractivity contribution < 1.29 is 14.3 Å². The molecule has 7 heteroatoms. The molecular formula is C20H17ClN2O3S. The molecule has 0 radical (unpaired) electrons. The molecule has 0 aliphatic carbocycles. The average molecular weight is 401 g/mol. The molecule has 1 amide bonds. The van der Waals surface area contributed by atoms with Crippen LogP contribution in [0.25, 0.3) is 16.3 Å². The van der Waals surface area contributed by atoms with Gasteiger partial charge < -0.3 is 9.30 Å². The number of carbonyl (C=O) groups is 2. The van der Waals surface area contributed by atoms with Gasteiger partial charge in [0.15, 0.2) is 4.80 Å². The lowest BCUT2D eigenvalue weighted by molar-refractivity contribution is -0.143. The number of ether oxygens (including phenoxy) is 1. The second kappa shape index (κ2) is 8.79. The second-order valence-corrected chi connectivity index (χ2v) is 6.97. The van der Waals surface area contributed by atoms with Gasteiger partial charge in [-0.15, -0.1) is 0 Å². The van der Waals surface area contributed by atoms with Crippen molar-refractivity contribution in [1.29, 1.82) is 0 Å². The van der Waals surface area contributed by atoms with Crippen molar-refractivity contribution in [2.75, 3.05) is 6.61 Å². The fourth-order valence-corrected chi connectivity index (χ4v) is 3.91. The van der Waals surface area contributed by atoms with E-state index >= 15 is 0 Å². The van der Waals surface area contributed by atoms with Gasteiger partial charge in [-0.25, -0.2) is 0 Å². The summed E-state index contributed by atoms with van der Waals surface area (Å²) in [4.78, 5) is 28.8. The van der Waals surface area contributed by atoms with E-state index in [-0.39, 0.29) is 13.2 Å². The predicted octanol–water partition coefficient (Wildman–Crippen LogP) is 4.06. The lowest BCUT2D eigenvalue weighted by Gasteiger charge is -2.05. The number of hydrogen-bond donors (Lipinski definition) is 0. The Kier molecular flexibility index (Phi) is 6.21. The summed E-state index contributed by atoms with van der Waals surface area (Å²) in [5, 5.41) is 0.488. The number of esters is 1. The Labute approximate surface area is 165 Å². The third-order valence-corrected chi connectivity index (χ3v) is 5.02. The molecule has 2 aromatic carbocycles. The van der Waals surface area contributed by atoms with E-state index < -0.39 is 11.9 Å². The van der Waals surface area contributed by atoms with Crippen molar-refractivity contribution in [2.45, 2.75) is 13.5 Å². The van der Waals surface area contributed by atoms with Gasteiger partial charge in [-0.2, -0.15) is 4.99 Å². The lowest BCUT2D eigenvalue weighted by Crippen LogP contribution is -2.23. The highest BCUT2D eigenvalue weighted by molar-refractivity contribution is 7.16. The second-order valence-electron chi connectivity index (χ2n) is 5.56. The van der Waals surface area contributed by atoms with Crippen LogP contribution in [0.15, 0.2) is 59.6 Å². The molecule has 0 spiro atoms. The first-order valence-corrected chi connectivity index (χ1v) is 9.53. The summed E-state index contributed by atoms with van der Waals surface area (Å²) in [5.41, 5.74) is 1.57. The van der Waals surface area contributed by atoms with E-state index in [9.17, 15) is 9.59 Å². The number of carbonyl (C=O) groups excluding carboxylic acids is 2. The molecule has 3 rings (SSSR count). The molecule has 1 heterocycles. The highest BCUT2D eigenvalue weighted by atomic mass is 35.5. The summed E-state index contributed by atoms with van der Waals surface area (Å²) >= 11 is 7.60. The molecule has 0 N–H and O–H groups in total. The standard InChI is InChI=1S/C20H17ClN2O3S/c1-2-26-18(25)13-23-19-15(21)9-6-10-16(19)27-20(23)22-17(24)12-11-14-7-4-3-5-8-14/h3-12H,2,13H2,1H3/b12-11+,22-20?. The predicted molar refractivity (Wildman–Crippen MR) is 108 cm³/mol. The minimum atomic E-state index is -0.417. The van der Waals surface area contributed by atoms with Crippen molar-refractivity contribution in [1.82, 2.24) is 4.57 Å². The summed E-state index contributed by atoms with van der Waals surface area (Å²) in [6.07, 6.45) is 3.10. The maximum atomic E-state index is 12.3. The van der Waals surface area contributed by atoms with E-state index in [2.05, 4.69) is 4.99 Å². The molecule has 0 aliphatic rings. The molecule has 138 valence electrons. The van der Waals surface area contributed by atoms with Crippen LogP contribution in [0.3, 0.4) is 0 Å². The monoisotopic (exact) mass is 400 g/mol. The van der Waals surface area contributed by atoms with Crippen LogP contribution in [0, 0.1) is 0 Å². The molecule has 0 saturated heterocycles. The van der Waals surface area contributed by atoms with Crippen molar-refractivity contribution in [3.63, 3.8) is 0 Å². The number of aromatic nitrogens is 1. The number of halogens is 1. The number of para-hydroxylation sites is 1. The van der Waals surface area contributed by atoms with Crippen LogP contribution in [0.4, 0.5) is 0 Å². The Morgan fingerprint density at radius 3 is 2.70 bits per heavy atom. The van der Waals surface area contributed by atoms with Gasteiger partial charge in [0, 0.05) is 6.08 Å². The number of amides is 1. The fourth-order valence-electron chi connectivity index (χ4n) is 2.52. The maximum Gasteiger partial charge on any atom is 0.326 e. The van der Waals surface area contributed by atoms with Gasteiger partial charge in [0.2, 0.25) is 0 Å². The molecule has 0 atom stereocenters. The van der Waals surface area contributed by atoms with Gasteiger partial charge in [-0.1, -0.05) is 59.3 Å². The zero-order valence-electron chi connectivity index (χ0n) is 14.6. The van der Waals surface area contributed by atoms with E-state index in [1.807, 2.05) is 42.5 Å². The molecule has 0 fully saturated rings. The van der Waals surface area contributed by atoms with Crippen LogP contribution < -0.4 is 4.80 Å². The normalized spacial score (nSPS) is 12.0. The molecule has 0 unspecified atom stereocenters. The number of hydrogen-bond acceptors (Lipinski definition) is 4. The van der Waals surface area contributed by atoms with Crippen LogP contribution in [0.5, 0.6) is 0 Å². The Morgan fingerprint density at radius 1 is 1.19 bits per heavy atom. The summed E-state index contributed by atoms with van der Waals surface area (Å²) in [6, 6.07) is 14.9. The maximum absolute atomic E-state index is 12.3. The van der Waals surface area contributed by atoms with Crippen LogP contribution in [-0.2, 0) is 20.9 Å². The van der Waals surface area contributed by atoms with Gasteiger partial charge in [-0.05, 0) is 30.7 Å². The molecule has 27 heavy (non-hydrogen) atoms. The number of benzene rings is 2. The fraction of sp³-hybridized carbons (Fsp3) is 0.150. The summed E-state index contributed by atoms with van der Waals surface area (Å²) in [7, 11) is 0. The first-order chi connectivity index (χ1) is 13.1. The Bertz CT molecular complexity index is 1070. The third kappa shape index (κ3) is 4.72. The minimum absolute atomic E-state index is 0.0634. The highest BCUT2D eigenvalue weighted by Crippen LogP contribution is 2.25. The highest BCUT2D eigenvalue weighted by Gasteiger charge is 2.14. The summed E-state index contributed by atoms with van der Waals surface area (Å²) in [5.74, 6) is -0.829. The number of rotatable bonds is 5. The number of thiazole rings is 1. The molecule has 1 aromatic heterocycles. The Hall–Kier alpha value is -2.70. The van der Waals surface area contributed by atoms with Gasteiger partial charge >= 0.3 is 5.97 Å². The summed E-state index contributed by atoms with van der Waals surface area (Å²) in [6.45, 7) is 1.96. The lowest BCUT2D eigenvalue weighted by atomic mass is 10.2. The Balaban J connectivity index is 2.00. The van der Waals surface area contributed by atoms with E-state index in [1.165, 1.54) is 17.4 Å². The topological polar surface area (TPSA) is 60.7 Å². The van der Waals surface area contributed by atoms with Gasteiger partial charge in [-0.3, -0.25) is 9.59 Å². The molecule has 0 aliphatic heterocycles. The molecule has 5 nitrogen and oxygen atoms in total. The number of fused-ring (bicyclic) bond motifs is 1. The van der Waals surface area contributed by atoms with Crippen molar-refractivity contribution in [2.24, 2.45) is 4.99 Å². The minimum Gasteiger partial charge on any atom is -0.465 e. The third-order valence-electron chi connectivity index (χ3n) is 3.67. The average Bonchev–Trinajstić information content (AvgIpc) is 2.99. The van der Waals surface area contributed by atoms with Crippen LogP contribution in [-0.4, -0.2) is 23.1 Å². The number of nitrogens with zero attached hydrogens (tertiary/aromatic N) is 2. The van der Waals surface area contributed by atoms with E-state index in [0.717, 1.165) is 10.3 Å². The van der Waals surface area contributed by atoms with E-state index in [1.54, 1.807) is 23.6 Å². The van der Waals surface area contributed by atoms with Crippen LogP contribution in [0.1, 0.15) is 12.5 Å². The summed E-state index contributed by atoms with van der Waals surface area (Å²) < 4.78 is 7.49.